The summed E-state index contributed by atoms with van der Waals surface area (Å²) in [6.07, 6.45) is 1.62. The van der Waals surface area contributed by atoms with E-state index in [2.05, 4.69) is 26.0 Å². The molecule has 2 aromatic heterocycles. The van der Waals surface area contributed by atoms with Crippen molar-refractivity contribution in [1.82, 2.24) is 14.3 Å². The van der Waals surface area contributed by atoms with E-state index in [9.17, 15) is 9.59 Å². The van der Waals surface area contributed by atoms with Crippen LogP contribution in [-0.2, 0) is 23.1 Å². The van der Waals surface area contributed by atoms with Gasteiger partial charge in [-0.1, -0.05) is 27.3 Å². The highest BCUT2D eigenvalue weighted by Gasteiger charge is 2.16. The third kappa shape index (κ3) is 3.63. The van der Waals surface area contributed by atoms with Gasteiger partial charge >= 0.3 is 5.97 Å². The average molecular weight is 437 g/mol. The van der Waals surface area contributed by atoms with Gasteiger partial charge in [-0.15, -0.1) is 0 Å². The molecular weight excluding hydrogens is 420 g/mol. The van der Waals surface area contributed by atoms with Gasteiger partial charge in [0.25, 0.3) is 5.91 Å². The minimum absolute atomic E-state index is 0.00798. The number of nitrogens with zero attached hydrogens (tertiary/aromatic N) is 4. The molecule has 1 aromatic carbocycles. The number of aromatic nitrogens is 3. The second kappa shape index (κ2) is 7.55. The lowest BCUT2D eigenvalue weighted by atomic mass is 10.3. The number of rotatable bonds is 4. The molecule has 9 heteroatoms. The van der Waals surface area contributed by atoms with Gasteiger partial charge in [-0.05, 0) is 32.0 Å². The van der Waals surface area contributed by atoms with Crippen molar-refractivity contribution in [3.05, 3.63) is 44.9 Å². The molecule has 0 atom stereocenters. The van der Waals surface area contributed by atoms with E-state index in [0.717, 1.165) is 20.3 Å². The van der Waals surface area contributed by atoms with Crippen LogP contribution in [0.2, 0.25) is 0 Å². The number of hydrogen-bond acceptors (Lipinski definition) is 5. The second-order valence-electron chi connectivity index (χ2n) is 5.60. The molecule has 136 valence electrons. The number of carbonyl (C=O) groups is 2. The molecule has 0 fully saturated rings. The van der Waals surface area contributed by atoms with Crippen LogP contribution < -0.4 is 4.80 Å². The maximum absolute atomic E-state index is 12.7. The van der Waals surface area contributed by atoms with E-state index in [1.807, 2.05) is 25.1 Å². The van der Waals surface area contributed by atoms with E-state index in [1.54, 1.807) is 24.7 Å². The summed E-state index contributed by atoms with van der Waals surface area (Å²) in [6.45, 7) is 3.86. The van der Waals surface area contributed by atoms with Gasteiger partial charge in [0.2, 0.25) is 0 Å². The molecule has 0 N–H and O–H groups in total. The summed E-state index contributed by atoms with van der Waals surface area (Å²) in [4.78, 5) is 29.4. The zero-order valence-electron chi connectivity index (χ0n) is 14.5. The first-order valence-corrected chi connectivity index (χ1v) is 9.53. The lowest BCUT2D eigenvalue weighted by Crippen LogP contribution is -2.23. The van der Waals surface area contributed by atoms with Crippen LogP contribution in [0, 0.1) is 6.92 Å². The fourth-order valence-corrected chi connectivity index (χ4v) is 4.19. The Morgan fingerprint density at radius 1 is 1.38 bits per heavy atom. The molecule has 0 saturated heterocycles. The Bertz CT molecular complexity index is 1040. The summed E-state index contributed by atoms with van der Waals surface area (Å²) in [5, 5.41) is 4.08. The quantitative estimate of drug-likeness (QED) is 0.589. The van der Waals surface area contributed by atoms with Crippen LogP contribution in [0.4, 0.5) is 0 Å². The number of hydrogen-bond donors (Lipinski definition) is 0. The van der Waals surface area contributed by atoms with Crippen LogP contribution in [-0.4, -0.2) is 32.8 Å². The first-order valence-electron chi connectivity index (χ1n) is 7.93. The zero-order valence-corrected chi connectivity index (χ0v) is 16.9. The van der Waals surface area contributed by atoms with E-state index in [1.165, 1.54) is 16.0 Å². The van der Waals surface area contributed by atoms with Gasteiger partial charge in [0, 0.05) is 17.1 Å². The van der Waals surface area contributed by atoms with Crippen LogP contribution in [0.25, 0.3) is 10.2 Å². The lowest BCUT2D eigenvalue weighted by Gasteiger charge is -2.05. The monoisotopic (exact) mass is 436 g/mol. The lowest BCUT2D eigenvalue weighted by molar-refractivity contribution is -0.143. The highest BCUT2D eigenvalue weighted by Crippen LogP contribution is 2.22. The molecule has 7 nitrogen and oxygen atoms in total. The number of fused-ring (bicyclic) bond motifs is 1. The third-order valence-electron chi connectivity index (χ3n) is 3.76. The van der Waals surface area contributed by atoms with Crippen molar-refractivity contribution in [2.24, 2.45) is 12.0 Å². The summed E-state index contributed by atoms with van der Waals surface area (Å²) >= 11 is 4.78. The first kappa shape index (κ1) is 18.5. The Labute approximate surface area is 162 Å². The summed E-state index contributed by atoms with van der Waals surface area (Å²) in [6, 6.07) is 5.70. The summed E-state index contributed by atoms with van der Waals surface area (Å²) < 4.78 is 10.1. The van der Waals surface area contributed by atoms with Gasteiger partial charge in [-0.2, -0.15) is 10.1 Å². The number of ether oxygens (including phenoxy) is 1. The van der Waals surface area contributed by atoms with E-state index in [0.29, 0.717) is 17.1 Å². The Kier molecular flexibility index (Phi) is 5.38. The molecule has 0 aliphatic heterocycles. The summed E-state index contributed by atoms with van der Waals surface area (Å²) in [7, 11) is 1.70. The number of halogens is 1. The van der Waals surface area contributed by atoms with E-state index < -0.39 is 5.91 Å². The predicted molar refractivity (Wildman–Crippen MR) is 102 cm³/mol. The van der Waals surface area contributed by atoms with E-state index >= 15 is 0 Å². The molecule has 0 aliphatic rings. The standard InChI is InChI=1S/C17H17BrN4O3S/c1-4-25-14(23)9-22-12-6-5-11(18)7-13(12)26-17(22)20-16(24)15-10(2)8-19-21(15)3/h5-8H,4,9H2,1-3H3. The maximum atomic E-state index is 12.7. The predicted octanol–water partition coefficient (Wildman–Crippen LogP) is 2.81. The second-order valence-corrected chi connectivity index (χ2v) is 7.53. The smallest absolute Gasteiger partial charge is 0.326 e. The molecule has 0 aliphatic carbocycles. The molecule has 2 heterocycles. The van der Waals surface area contributed by atoms with Gasteiger partial charge < -0.3 is 9.30 Å². The largest absolute Gasteiger partial charge is 0.465 e. The molecule has 0 unspecified atom stereocenters. The van der Waals surface area contributed by atoms with Crippen LogP contribution >= 0.6 is 27.3 Å². The Morgan fingerprint density at radius 2 is 2.15 bits per heavy atom. The Hall–Kier alpha value is -2.26. The van der Waals surface area contributed by atoms with Crippen molar-refractivity contribution < 1.29 is 14.3 Å². The number of amides is 1. The SMILES string of the molecule is CCOC(=O)Cn1c(=NC(=O)c2c(C)cnn2C)sc2cc(Br)ccc21. The van der Waals surface area contributed by atoms with Gasteiger partial charge in [0.1, 0.15) is 12.2 Å². The van der Waals surface area contributed by atoms with Crippen LogP contribution in [0.1, 0.15) is 23.0 Å². The molecule has 0 saturated carbocycles. The van der Waals surface area contributed by atoms with E-state index in [4.69, 9.17) is 4.74 Å². The van der Waals surface area contributed by atoms with Crippen LogP contribution in [0.15, 0.2) is 33.9 Å². The normalized spacial score (nSPS) is 11.9. The topological polar surface area (TPSA) is 78.5 Å². The fourth-order valence-electron chi connectivity index (χ4n) is 2.62. The highest BCUT2D eigenvalue weighted by atomic mass is 79.9. The molecule has 1 amide bonds. The highest BCUT2D eigenvalue weighted by molar-refractivity contribution is 9.10. The number of aryl methyl sites for hydroxylation is 2. The molecular formula is C17H17BrN4O3S. The van der Waals surface area contributed by atoms with Crippen molar-refractivity contribution in [2.45, 2.75) is 20.4 Å². The molecule has 0 radical (unpaired) electrons. The van der Waals surface area contributed by atoms with Crippen LogP contribution in [0.5, 0.6) is 0 Å². The number of carbonyl (C=O) groups excluding carboxylic acids is 2. The van der Waals surface area contributed by atoms with Gasteiger partial charge in [-0.25, -0.2) is 0 Å². The zero-order chi connectivity index (χ0) is 18.8. The first-order chi connectivity index (χ1) is 12.4. The van der Waals surface area contributed by atoms with Gasteiger partial charge in [-0.3, -0.25) is 14.3 Å². The van der Waals surface area contributed by atoms with Gasteiger partial charge in [0.05, 0.1) is 23.0 Å². The van der Waals surface area contributed by atoms with Gasteiger partial charge in [0.15, 0.2) is 4.80 Å². The summed E-state index contributed by atoms with van der Waals surface area (Å²) in [5.41, 5.74) is 1.99. The van der Waals surface area contributed by atoms with Crippen molar-refractivity contribution in [3.63, 3.8) is 0 Å². The molecule has 26 heavy (non-hydrogen) atoms. The van der Waals surface area contributed by atoms with Crippen molar-refractivity contribution in [3.8, 4) is 0 Å². The number of benzene rings is 1. The maximum Gasteiger partial charge on any atom is 0.326 e. The number of esters is 1. The minimum atomic E-state index is -0.397. The minimum Gasteiger partial charge on any atom is -0.465 e. The molecule has 0 bridgehead atoms. The summed E-state index contributed by atoms with van der Waals surface area (Å²) in [5.74, 6) is -0.772. The van der Waals surface area contributed by atoms with E-state index in [-0.39, 0.29) is 12.5 Å². The fraction of sp³-hybridized carbons (Fsp3) is 0.294. The van der Waals surface area contributed by atoms with Crippen molar-refractivity contribution in [2.75, 3.05) is 6.61 Å². The molecule has 3 aromatic rings. The Balaban J connectivity index is 2.14. The molecule has 0 spiro atoms. The van der Waals surface area contributed by atoms with Crippen molar-refractivity contribution >= 4 is 49.4 Å². The number of thiazole rings is 1. The van der Waals surface area contributed by atoms with Crippen molar-refractivity contribution in [1.29, 1.82) is 0 Å². The van der Waals surface area contributed by atoms with Crippen LogP contribution in [0.3, 0.4) is 0 Å². The third-order valence-corrected chi connectivity index (χ3v) is 5.29. The average Bonchev–Trinajstić information content (AvgIpc) is 3.07. The Morgan fingerprint density at radius 3 is 2.81 bits per heavy atom. The molecule has 3 rings (SSSR count).